The van der Waals surface area contributed by atoms with Crippen LogP contribution in [0.25, 0.3) is 0 Å². The van der Waals surface area contributed by atoms with Gasteiger partial charge >= 0.3 is 5.97 Å². The van der Waals surface area contributed by atoms with Gasteiger partial charge < -0.3 is 9.84 Å². The Morgan fingerprint density at radius 3 is 2.42 bits per heavy atom. The van der Waals surface area contributed by atoms with Crippen molar-refractivity contribution in [2.24, 2.45) is 0 Å². The average molecular weight is 252 g/mol. The number of benzene rings is 2. The van der Waals surface area contributed by atoms with E-state index in [1.165, 1.54) is 12.1 Å². The fourth-order valence-electron chi connectivity index (χ4n) is 1.59. The predicted octanol–water partition coefficient (Wildman–Crippen LogP) is 3.55. The zero-order chi connectivity index (χ0) is 13.7. The minimum atomic E-state index is -0.955. The minimum absolute atomic E-state index is 0.231. The number of aromatic carboxylic acids is 1. The molecule has 0 aliphatic heterocycles. The topological polar surface area (TPSA) is 46.5 Å². The summed E-state index contributed by atoms with van der Waals surface area (Å²) in [5.74, 6) is 6.06. The zero-order valence-corrected chi connectivity index (χ0v) is 10.4. The molecule has 3 nitrogen and oxygen atoms in total. The van der Waals surface area contributed by atoms with E-state index in [2.05, 4.69) is 11.8 Å². The van der Waals surface area contributed by atoms with Crippen LogP contribution in [0.3, 0.4) is 0 Å². The Morgan fingerprint density at radius 2 is 1.79 bits per heavy atom. The van der Waals surface area contributed by atoms with E-state index < -0.39 is 5.97 Å². The molecule has 0 saturated carbocycles. The number of carbonyl (C=O) groups is 1. The van der Waals surface area contributed by atoms with Crippen LogP contribution in [0, 0.1) is 11.8 Å². The summed E-state index contributed by atoms with van der Waals surface area (Å²) in [5.41, 5.74) is 1.03. The van der Waals surface area contributed by atoms with Crippen LogP contribution in [0.2, 0.25) is 0 Å². The fourth-order valence-corrected chi connectivity index (χ4v) is 1.59. The molecule has 0 heterocycles. The molecule has 0 amide bonds. The molecular formula is C16H12O3. The Labute approximate surface area is 111 Å². The highest BCUT2D eigenvalue weighted by atomic mass is 16.5. The largest absolute Gasteiger partial charge is 0.478 e. The molecule has 2 aromatic carbocycles. The molecule has 0 aromatic heterocycles. The molecule has 19 heavy (non-hydrogen) atoms. The summed E-state index contributed by atoms with van der Waals surface area (Å²) in [6.45, 7) is 1.76. The molecule has 0 aliphatic carbocycles. The van der Waals surface area contributed by atoms with Crippen molar-refractivity contribution in [1.29, 1.82) is 0 Å². The number of ether oxygens (including phenoxy) is 1. The molecule has 94 valence electrons. The zero-order valence-electron chi connectivity index (χ0n) is 10.4. The third-order valence-corrected chi connectivity index (χ3v) is 2.48. The van der Waals surface area contributed by atoms with Gasteiger partial charge in [-0.15, -0.1) is 5.92 Å². The van der Waals surface area contributed by atoms with Crippen molar-refractivity contribution in [3.05, 3.63) is 59.7 Å². The lowest BCUT2D eigenvalue weighted by Crippen LogP contribution is -1.95. The summed E-state index contributed by atoms with van der Waals surface area (Å²) < 4.78 is 5.70. The van der Waals surface area contributed by atoms with Crippen molar-refractivity contribution in [2.45, 2.75) is 6.92 Å². The van der Waals surface area contributed by atoms with Crippen LogP contribution >= 0.6 is 0 Å². The lowest BCUT2D eigenvalue weighted by molar-refractivity contribution is 0.0697. The van der Waals surface area contributed by atoms with Gasteiger partial charge in [-0.25, -0.2) is 4.79 Å². The highest BCUT2D eigenvalue weighted by Crippen LogP contribution is 2.24. The number of carboxylic acids is 1. The van der Waals surface area contributed by atoms with E-state index in [0.717, 1.165) is 5.56 Å². The Hall–Kier alpha value is -2.73. The van der Waals surface area contributed by atoms with Crippen LogP contribution in [0.4, 0.5) is 0 Å². The number of para-hydroxylation sites is 1. The first kappa shape index (κ1) is 12.7. The van der Waals surface area contributed by atoms with E-state index in [1.807, 2.05) is 24.3 Å². The lowest BCUT2D eigenvalue weighted by atomic mass is 10.2. The first-order valence-electron chi connectivity index (χ1n) is 5.73. The highest BCUT2D eigenvalue weighted by Gasteiger charge is 2.04. The van der Waals surface area contributed by atoms with E-state index in [0.29, 0.717) is 11.5 Å². The van der Waals surface area contributed by atoms with Crippen LogP contribution in [0.1, 0.15) is 22.8 Å². The second kappa shape index (κ2) is 5.74. The number of hydrogen-bond donors (Lipinski definition) is 1. The number of carboxylic acid groups (broad SMARTS) is 1. The fraction of sp³-hybridized carbons (Fsp3) is 0.0625. The molecule has 0 saturated heterocycles. The quantitative estimate of drug-likeness (QED) is 0.850. The van der Waals surface area contributed by atoms with Gasteiger partial charge in [0.1, 0.15) is 11.5 Å². The normalized spacial score (nSPS) is 9.32. The Morgan fingerprint density at radius 1 is 1.11 bits per heavy atom. The van der Waals surface area contributed by atoms with Gasteiger partial charge in [-0.05, 0) is 43.3 Å². The molecular weight excluding hydrogens is 240 g/mol. The summed E-state index contributed by atoms with van der Waals surface area (Å²) in [5, 5.41) is 8.82. The van der Waals surface area contributed by atoms with Crippen molar-refractivity contribution in [1.82, 2.24) is 0 Å². The van der Waals surface area contributed by atoms with Gasteiger partial charge in [-0.3, -0.25) is 0 Å². The Kier molecular flexibility index (Phi) is 3.84. The molecule has 0 aliphatic rings. The third-order valence-electron chi connectivity index (χ3n) is 2.48. The number of rotatable bonds is 3. The van der Waals surface area contributed by atoms with Gasteiger partial charge in [0.15, 0.2) is 0 Å². The summed E-state index contributed by atoms with van der Waals surface area (Å²) >= 11 is 0. The molecule has 3 heteroatoms. The van der Waals surface area contributed by atoms with Gasteiger partial charge in [-0.1, -0.05) is 18.1 Å². The van der Waals surface area contributed by atoms with Crippen LogP contribution < -0.4 is 4.74 Å². The molecule has 0 fully saturated rings. The maximum atomic E-state index is 10.8. The van der Waals surface area contributed by atoms with Crippen LogP contribution in [-0.2, 0) is 0 Å². The molecule has 0 bridgehead atoms. The monoisotopic (exact) mass is 252 g/mol. The second-order valence-corrected chi connectivity index (χ2v) is 3.80. The van der Waals surface area contributed by atoms with E-state index in [-0.39, 0.29) is 5.56 Å². The van der Waals surface area contributed by atoms with Crippen LogP contribution in [0.15, 0.2) is 48.5 Å². The second-order valence-electron chi connectivity index (χ2n) is 3.80. The van der Waals surface area contributed by atoms with Crippen molar-refractivity contribution >= 4 is 5.97 Å². The maximum Gasteiger partial charge on any atom is 0.335 e. The third kappa shape index (κ3) is 3.14. The summed E-state index contributed by atoms with van der Waals surface area (Å²) in [4.78, 5) is 10.8. The van der Waals surface area contributed by atoms with Crippen molar-refractivity contribution in [3.63, 3.8) is 0 Å². The smallest absolute Gasteiger partial charge is 0.335 e. The first-order valence-corrected chi connectivity index (χ1v) is 5.73. The predicted molar refractivity (Wildman–Crippen MR) is 72.5 cm³/mol. The van der Waals surface area contributed by atoms with Crippen LogP contribution in [-0.4, -0.2) is 11.1 Å². The average Bonchev–Trinajstić information content (AvgIpc) is 2.42. The van der Waals surface area contributed by atoms with Crippen LogP contribution in [0.5, 0.6) is 11.5 Å². The first-order chi connectivity index (χ1) is 9.20. The molecule has 0 radical (unpaired) electrons. The summed E-state index contributed by atoms with van der Waals surface area (Å²) in [6.07, 6.45) is 0. The lowest BCUT2D eigenvalue weighted by Gasteiger charge is -2.07. The summed E-state index contributed by atoms with van der Waals surface area (Å²) in [7, 11) is 0. The molecule has 2 rings (SSSR count). The molecule has 1 N–H and O–H groups in total. The van der Waals surface area contributed by atoms with E-state index in [9.17, 15) is 4.79 Å². The molecule has 0 spiro atoms. The number of hydrogen-bond acceptors (Lipinski definition) is 2. The molecule has 0 unspecified atom stereocenters. The summed E-state index contributed by atoms with van der Waals surface area (Å²) in [6, 6.07) is 13.7. The highest BCUT2D eigenvalue weighted by molar-refractivity contribution is 5.87. The SMILES string of the molecule is CC#Cc1ccccc1Oc1ccc(C(=O)O)cc1. The van der Waals surface area contributed by atoms with Crippen molar-refractivity contribution < 1.29 is 14.6 Å². The van der Waals surface area contributed by atoms with E-state index >= 15 is 0 Å². The maximum absolute atomic E-state index is 10.8. The van der Waals surface area contributed by atoms with Gasteiger partial charge in [0.05, 0.1) is 11.1 Å². The van der Waals surface area contributed by atoms with Crippen molar-refractivity contribution in [3.8, 4) is 23.3 Å². The molecule has 2 aromatic rings. The Balaban J connectivity index is 2.25. The van der Waals surface area contributed by atoms with Crippen molar-refractivity contribution in [2.75, 3.05) is 0 Å². The minimum Gasteiger partial charge on any atom is -0.478 e. The van der Waals surface area contributed by atoms with Gasteiger partial charge in [0.25, 0.3) is 0 Å². The van der Waals surface area contributed by atoms with Gasteiger partial charge in [0.2, 0.25) is 0 Å². The standard InChI is InChI=1S/C16H12O3/c1-2-5-12-6-3-4-7-15(12)19-14-10-8-13(9-11-14)16(17)18/h3-4,6-11H,1H3,(H,17,18). The van der Waals surface area contributed by atoms with E-state index in [4.69, 9.17) is 9.84 Å². The van der Waals surface area contributed by atoms with Gasteiger partial charge in [0, 0.05) is 0 Å². The van der Waals surface area contributed by atoms with Gasteiger partial charge in [-0.2, -0.15) is 0 Å². The molecule has 0 atom stereocenters. The Bertz CT molecular complexity index is 646. The van der Waals surface area contributed by atoms with E-state index in [1.54, 1.807) is 19.1 Å².